The number of hydrogen-bond acceptors (Lipinski definition) is 7. The van der Waals surface area contributed by atoms with Gasteiger partial charge in [0.25, 0.3) is 0 Å². The number of nitrogens with zero attached hydrogens (tertiary/aromatic N) is 4. The van der Waals surface area contributed by atoms with Crippen molar-refractivity contribution in [3.8, 4) is 33.6 Å². The van der Waals surface area contributed by atoms with Crippen LogP contribution in [0.1, 0.15) is 63.3 Å². The first-order valence-corrected chi connectivity index (χ1v) is 16.6. The van der Waals surface area contributed by atoms with Gasteiger partial charge in [-0.25, -0.2) is 28.3 Å². The lowest BCUT2D eigenvalue weighted by molar-refractivity contribution is -0.134. The number of carboxylic acid groups (broad SMARTS) is 1. The Bertz CT molecular complexity index is 1960. The summed E-state index contributed by atoms with van der Waals surface area (Å²) < 4.78 is 35.6. The lowest BCUT2D eigenvalue weighted by Gasteiger charge is -2.26. The van der Waals surface area contributed by atoms with Crippen molar-refractivity contribution >= 4 is 24.0 Å². The average molecular weight is 705 g/mol. The van der Waals surface area contributed by atoms with E-state index in [-0.39, 0.29) is 29.0 Å². The molecule has 51 heavy (non-hydrogen) atoms. The highest BCUT2D eigenvalue weighted by molar-refractivity contribution is 5.86. The highest BCUT2D eigenvalue weighted by Crippen LogP contribution is 2.35. The van der Waals surface area contributed by atoms with Crippen LogP contribution < -0.4 is 10.6 Å². The van der Waals surface area contributed by atoms with Crippen molar-refractivity contribution in [3.63, 3.8) is 0 Å². The minimum absolute atomic E-state index is 0.242. The molecule has 0 bridgehead atoms. The summed E-state index contributed by atoms with van der Waals surface area (Å²) in [6.07, 6.45) is 3.72. The van der Waals surface area contributed by atoms with E-state index in [4.69, 9.17) is 5.11 Å². The van der Waals surface area contributed by atoms with Gasteiger partial charge in [-0.2, -0.15) is 0 Å². The number of halogens is 2. The van der Waals surface area contributed by atoms with E-state index in [1.54, 1.807) is 41.0 Å². The Kier molecular flexibility index (Phi) is 10.0. The maximum Gasteiger partial charge on any atom is 0.407 e. The second-order valence-electron chi connectivity index (χ2n) is 12.7. The molecule has 0 unspecified atom stereocenters. The predicted octanol–water partition coefficient (Wildman–Crippen LogP) is 5.14. The zero-order valence-electron chi connectivity index (χ0n) is 28.2. The maximum atomic E-state index is 15.5. The Balaban J connectivity index is 1.15. The van der Waals surface area contributed by atoms with E-state index in [0.29, 0.717) is 66.5 Å². The molecule has 4 atom stereocenters. The molecule has 2 fully saturated rings. The topological polar surface area (TPSA) is 186 Å². The summed E-state index contributed by atoms with van der Waals surface area (Å²) >= 11 is 0. The van der Waals surface area contributed by atoms with Gasteiger partial charge in [0.2, 0.25) is 11.8 Å². The number of H-pyrrole nitrogens is 2. The molecule has 4 amide bonds. The van der Waals surface area contributed by atoms with Crippen molar-refractivity contribution in [3.05, 3.63) is 72.1 Å². The fourth-order valence-electron chi connectivity index (χ4n) is 6.78. The van der Waals surface area contributed by atoms with Gasteiger partial charge < -0.3 is 40.2 Å². The average Bonchev–Trinajstić information content (AvgIpc) is 3.93. The Morgan fingerprint density at radius 2 is 1.25 bits per heavy atom. The van der Waals surface area contributed by atoms with Crippen LogP contribution in [0, 0.1) is 11.6 Å². The number of benzene rings is 2. The first-order chi connectivity index (χ1) is 24.4. The number of methoxy groups -OCH3 is 1. The minimum Gasteiger partial charge on any atom is -0.465 e. The highest BCUT2D eigenvalue weighted by Gasteiger charge is 2.36. The summed E-state index contributed by atoms with van der Waals surface area (Å²) in [5.41, 5.74) is 2.22. The molecule has 6 rings (SSSR count). The number of imidazole rings is 2. The molecule has 2 saturated heterocycles. The zero-order chi connectivity index (χ0) is 36.4. The maximum absolute atomic E-state index is 15.5. The Morgan fingerprint density at radius 1 is 0.804 bits per heavy atom. The largest absolute Gasteiger partial charge is 0.465 e. The van der Waals surface area contributed by atoms with Gasteiger partial charge in [0.05, 0.1) is 43.0 Å². The van der Waals surface area contributed by atoms with E-state index in [1.807, 2.05) is 0 Å². The van der Waals surface area contributed by atoms with Crippen molar-refractivity contribution in [2.24, 2.45) is 0 Å². The molecule has 4 heterocycles. The van der Waals surface area contributed by atoms with Crippen LogP contribution in [0.4, 0.5) is 18.4 Å². The fraction of sp³-hybridized carbons (Fsp3) is 0.371. The lowest BCUT2D eigenvalue weighted by Crippen LogP contribution is -2.46. The quantitative estimate of drug-likeness (QED) is 0.159. The van der Waals surface area contributed by atoms with E-state index >= 15 is 8.78 Å². The molecular weight excluding hydrogens is 666 g/mol. The van der Waals surface area contributed by atoms with Gasteiger partial charge in [-0.1, -0.05) is 12.1 Å². The number of nitrogens with one attached hydrogen (secondary N) is 4. The molecule has 2 aromatic heterocycles. The molecule has 16 heteroatoms. The predicted molar refractivity (Wildman–Crippen MR) is 180 cm³/mol. The third-order valence-electron chi connectivity index (χ3n) is 9.35. The van der Waals surface area contributed by atoms with E-state index in [1.165, 1.54) is 38.6 Å². The number of likely N-dealkylation sites (tertiary alicyclic amines) is 2. The van der Waals surface area contributed by atoms with Gasteiger partial charge in [-0.15, -0.1) is 0 Å². The van der Waals surface area contributed by atoms with Crippen molar-refractivity contribution in [2.75, 3.05) is 20.2 Å². The van der Waals surface area contributed by atoms with Gasteiger partial charge in [0, 0.05) is 24.2 Å². The summed E-state index contributed by atoms with van der Waals surface area (Å²) in [4.78, 5) is 66.9. The molecule has 2 aliphatic rings. The van der Waals surface area contributed by atoms with E-state index in [0.717, 1.165) is 6.42 Å². The molecule has 268 valence electrons. The van der Waals surface area contributed by atoms with Crippen LogP contribution in [0.5, 0.6) is 0 Å². The third kappa shape index (κ3) is 7.25. The molecular formula is C35H38F2N8O6. The molecule has 0 spiro atoms. The van der Waals surface area contributed by atoms with E-state index in [9.17, 15) is 19.2 Å². The number of amides is 4. The molecule has 14 nitrogen and oxygen atoms in total. The first-order valence-electron chi connectivity index (χ1n) is 16.6. The molecule has 5 N–H and O–H groups in total. The Hall–Kier alpha value is -5.80. The number of aromatic nitrogens is 4. The van der Waals surface area contributed by atoms with Gasteiger partial charge >= 0.3 is 12.2 Å². The van der Waals surface area contributed by atoms with Crippen molar-refractivity contribution in [1.29, 1.82) is 0 Å². The van der Waals surface area contributed by atoms with Crippen LogP contribution in [0.2, 0.25) is 0 Å². The van der Waals surface area contributed by atoms with Crippen LogP contribution >= 0.6 is 0 Å². The van der Waals surface area contributed by atoms with Gasteiger partial charge in [0.1, 0.15) is 35.4 Å². The number of hydrogen-bond donors (Lipinski definition) is 5. The standard InChI is InChI=1S/C35H38F2N8O6/c1-18(40-34(48)49)32(46)44-12-4-6-28(44)30-38-16-26(42-30)22-10-8-20(14-24(22)36)21-9-11-23(25(37)15-21)27-17-39-31(43-27)29-7-5-13-45(29)33(47)19(2)41-35(50)51-3/h8-11,14-19,28-29,40H,4-7,12-13H2,1-3H3,(H,38,42)(H,39,43)(H,41,50)(H,48,49)/t18-,19-,28-,29-/m0/s1. The highest BCUT2D eigenvalue weighted by atomic mass is 19.1. The molecule has 4 aromatic rings. The number of carbonyl (C=O) groups is 4. The Morgan fingerprint density at radius 3 is 1.67 bits per heavy atom. The molecule has 0 aliphatic carbocycles. The van der Waals surface area contributed by atoms with Crippen LogP contribution in [-0.4, -0.2) is 91.1 Å². The smallest absolute Gasteiger partial charge is 0.407 e. The SMILES string of the molecule is COC(=O)N[C@@H](C)C(=O)N1CCC[C@H]1c1ncc(-c2ccc(-c3ccc(-c4cnc([C@@H]5CCCN5C(=O)[C@H](C)NC(=O)O)[nH]4)c(F)c3)cc2F)[nH]1. The van der Waals surface area contributed by atoms with Crippen molar-refractivity contribution in [2.45, 2.75) is 63.7 Å². The minimum atomic E-state index is -1.29. The summed E-state index contributed by atoms with van der Waals surface area (Å²) in [6, 6.07) is 6.64. The molecule has 2 aliphatic heterocycles. The number of ether oxygens (including phenoxy) is 1. The summed E-state index contributed by atoms with van der Waals surface area (Å²) in [5, 5.41) is 13.7. The summed E-state index contributed by atoms with van der Waals surface area (Å²) in [7, 11) is 1.22. The van der Waals surface area contributed by atoms with E-state index < -0.39 is 41.9 Å². The normalized spacial score (nSPS) is 18.4. The molecule has 0 saturated carbocycles. The number of rotatable bonds is 9. The van der Waals surface area contributed by atoms with Crippen molar-refractivity contribution in [1.82, 2.24) is 40.4 Å². The zero-order valence-corrected chi connectivity index (χ0v) is 28.2. The van der Waals surface area contributed by atoms with Crippen LogP contribution in [0.15, 0.2) is 48.8 Å². The van der Waals surface area contributed by atoms with Crippen LogP contribution in [0.3, 0.4) is 0 Å². The number of aromatic amines is 2. The van der Waals surface area contributed by atoms with E-state index in [2.05, 4.69) is 35.3 Å². The first kappa shape index (κ1) is 35.0. The molecule has 0 radical (unpaired) electrons. The summed E-state index contributed by atoms with van der Waals surface area (Å²) in [6.45, 7) is 3.99. The van der Waals surface area contributed by atoms with Crippen molar-refractivity contribution < 1.29 is 37.8 Å². The number of carbonyl (C=O) groups excluding carboxylic acids is 3. The number of alkyl carbamates (subject to hydrolysis) is 1. The van der Waals surface area contributed by atoms with Gasteiger partial charge in [-0.05, 0) is 74.9 Å². The fourth-order valence-corrected chi connectivity index (χ4v) is 6.78. The van der Waals surface area contributed by atoms with Crippen LogP contribution in [0.25, 0.3) is 33.6 Å². The monoisotopic (exact) mass is 704 g/mol. The van der Waals surface area contributed by atoms with Crippen LogP contribution in [-0.2, 0) is 14.3 Å². The Labute approximate surface area is 291 Å². The molecule has 2 aromatic carbocycles. The summed E-state index contributed by atoms with van der Waals surface area (Å²) in [5.74, 6) is -0.787. The third-order valence-corrected chi connectivity index (χ3v) is 9.35. The van der Waals surface area contributed by atoms with Gasteiger partial charge in [0.15, 0.2) is 0 Å². The lowest BCUT2D eigenvalue weighted by atomic mass is 10.00. The second-order valence-corrected chi connectivity index (χ2v) is 12.7. The second kappa shape index (κ2) is 14.6. The van der Waals surface area contributed by atoms with Gasteiger partial charge in [-0.3, -0.25) is 9.59 Å².